The van der Waals surface area contributed by atoms with Crippen LogP contribution in [0.3, 0.4) is 0 Å². The van der Waals surface area contributed by atoms with E-state index in [0.29, 0.717) is 35.8 Å². The van der Waals surface area contributed by atoms with E-state index in [1.807, 2.05) is 36.1 Å². The van der Waals surface area contributed by atoms with Crippen molar-refractivity contribution in [3.8, 4) is 0 Å². The third kappa shape index (κ3) is 4.82. The monoisotopic (exact) mass is 449 g/mol. The van der Waals surface area contributed by atoms with Crippen molar-refractivity contribution in [2.24, 2.45) is 0 Å². The van der Waals surface area contributed by atoms with Gasteiger partial charge in [0, 0.05) is 48.3 Å². The summed E-state index contributed by atoms with van der Waals surface area (Å²) in [6, 6.07) is 12.7. The Bertz CT molecular complexity index is 834. The average Bonchev–Trinajstić information content (AvgIpc) is 2.68. The van der Waals surface area contributed by atoms with Gasteiger partial charge in [-0.1, -0.05) is 34.5 Å². The quantitative estimate of drug-likeness (QED) is 0.750. The minimum absolute atomic E-state index is 0.182. The van der Waals surface area contributed by atoms with E-state index in [0.717, 1.165) is 23.2 Å². The van der Waals surface area contributed by atoms with Gasteiger partial charge in [0.2, 0.25) is 5.91 Å². The second-order valence-corrected chi connectivity index (χ2v) is 7.67. The molecular weight excluding hydrogens is 430 g/mol. The van der Waals surface area contributed by atoms with E-state index >= 15 is 0 Å². The summed E-state index contributed by atoms with van der Waals surface area (Å²) in [7, 11) is 0. The number of benzene rings is 2. The average molecular weight is 451 g/mol. The molecule has 142 valence electrons. The van der Waals surface area contributed by atoms with Crippen LogP contribution in [0, 0.1) is 0 Å². The fraction of sp³-hybridized carbons (Fsp3) is 0.300. The second kappa shape index (κ2) is 8.76. The molecule has 1 fully saturated rings. The van der Waals surface area contributed by atoms with Gasteiger partial charge in [-0.3, -0.25) is 9.59 Å². The van der Waals surface area contributed by atoms with E-state index in [2.05, 4.69) is 26.1 Å². The standard InChI is InChI=1S/C20H21BrClN3O2/c1-2-19(26)25-11-9-24(10-12-25)18-8-7-16(13-17(18)22)23-20(27)14-3-5-15(21)6-4-14/h3-8,13H,2,9-12H2,1H3,(H,23,27). The van der Waals surface area contributed by atoms with Gasteiger partial charge < -0.3 is 15.1 Å². The smallest absolute Gasteiger partial charge is 0.255 e. The minimum atomic E-state index is -0.182. The molecule has 5 nitrogen and oxygen atoms in total. The summed E-state index contributed by atoms with van der Waals surface area (Å²) in [6.45, 7) is 4.77. The van der Waals surface area contributed by atoms with Crippen LogP contribution in [-0.4, -0.2) is 42.9 Å². The Morgan fingerprint density at radius 2 is 1.74 bits per heavy atom. The third-order valence-electron chi connectivity index (χ3n) is 4.59. The van der Waals surface area contributed by atoms with Gasteiger partial charge in [0.25, 0.3) is 5.91 Å². The summed E-state index contributed by atoms with van der Waals surface area (Å²) in [5, 5.41) is 3.45. The van der Waals surface area contributed by atoms with E-state index < -0.39 is 0 Å². The number of carbonyl (C=O) groups excluding carboxylic acids is 2. The zero-order valence-electron chi connectivity index (χ0n) is 15.0. The highest BCUT2D eigenvalue weighted by Crippen LogP contribution is 2.30. The first-order valence-electron chi connectivity index (χ1n) is 8.87. The van der Waals surface area contributed by atoms with Gasteiger partial charge in [0.05, 0.1) is 10.7 Å². The molecule has 1 aliphatic heterocycles. The number of amides is 2. The lowest BCUT2D eigenvalue weighted by Gasteiger charge is -2.36. The molecular formula is C20H21BrClN3O2. The summed E-state index contributed by atoms with van der Waals surface area (Å²) in [5.74, 6) is 0.00441. The number of piperazine rings is 1. The van der Waals surface area contributed by atoms with Crippen molar-refractivity contribution in [2.75, 3.05) is 36.4 Å². The molecule has 1 saturated heterocycles. The predicted octanol–water partition coefficient (Wildman–Crippen LogP) is 4.41. The molecule has 0 unspecified atom stereocenters. The van der Waals surface area contributed by atoms with Gasteiger partial charge in [0.15, 0.2) is 0 Å². The molecule has 1 heterocycles. The lowest BCUT2D eigenvalue weighted by Crippen LogP contribution is -2.48. The number of rotatable bonds is 4. The van der Waals surface area contributed by atoms with Gasteiger partial charge in [0.1, 0.15) is 0 Å². The van der Waals surface area contributed by atoms with Crippen LogP contribution < -0.4 is 10.2 Å². The maximum Gasteiger partial charge on any atom is 0.255 e. The van der Waals surface area contributed by atoms with Gasteiger partial charge >= 0.3 is 0 Å². The molecule has 1 N–H and O–H groups in total. The fourth-order valence-corrected chi connectivity index (χ4v) is 3.63. The molecule has 0 aromatic heterocycles. The summed E-state index contributed by atoms with van der Waals surface area (Å²) >= 11 is 9.82. The largest absolute Gasteiger partial charge is 0.367 e. The molecule has 2 amide bonds. The van der Waals surface area contributed by atoms with Crippen LogP contribution in [-0.2, 0) is 4.79 Å². The molecule has 3 rings (SSSR count). The predicted molar refractivity (Wildman–Crippen MR) is 113 cm³/mol. The van der Waals surface area contributed by atoms with Crippen molar-refractivity contribution < 1.29 is 9.59 Å². The van der Waals surface area contributed by atoms with E-state index in [1.165, 1.54) is 0 Å². The highest BCUT2D eigenvalue weighted by molar-refractivity contribution is 9.10. The maximum absolute atomic E-state index is 12.3. The molecule has 0 aliphatic carbocycles. The number of carbonyl (C=O) groups is 2. The molecule has 2 aromatic carbocycles. The van der Waals surface area contributed by atoms with Gasteiger partial charge in [-0.05, 0) is 42.5 Å². The number of anilines is 2. The SMILES string of the molecule is CCC(=O)N1CCN(c2ccc(NC(=O)c3ccc(Br)cc3)cc2Cl)CC1. The summed E-state index contributed by atoms with van der Waals surface area (Å²) in [5.41, 5.74) is 2.15. The Morgan fingerprint density at radius 3 is 2.33 bits per heavy atom. The van der Waals surface area contributed by atoms with Crippen molar-refractivity contribution in [1.82, 2.24) is 4.90 Å². The molecule has 2 aromatic rings. The van der Waals surface area contributed by atoms with Crippen LogP contribution in [0.4, 0.5) is 11.4 Å². The zero-order valence-corrected chi connectivity index (χ0v) is 17.4. The van der Waals surface area contributed by atoms with Crippen LogP contribution >= 0.6 is 27.5 Å². The molecule has 0 atom stereocenters. The van der Waals surface area contributed by atoms with Gasteiger partial charge in [-0.15, -0.1) is 0 Å². The van der Waals surface area contributed by atoms with Crippen LogP contribution in [0.2, 0.25) is 5.02 Å². The third-order valence-corrected chi connectivity index (χ3v) is 5.42. The van der Waals surface area contributed by atoms with E-state index in [-0.39, 0.29) is 11.8 Å². The molecule has 1 aliphatic rings. The van der Waals surface area contributed by atoms with E-state index in [1.54, 1.807) is 18.2 Å². The van der Waals surface area contributed by atoms with Crippen LogP contribution in [0.25, 0.3) is 0 Å². The number of hydrogen-bond donors (Lipinski definition) is 1. The van der Waals surface area contributed by atoms with Crippen molar-refractivity contribution >= 4 is 50.7 Å². The highest BCUT2D eigenvalue weighted by Gasteiger charge is 2.21. The molecule has 27 heavy (non-hydrogen) atoms. The summed E-state index contributed by atoms with van der Waals surface area (Å²) < 4.78 is 0.923. The molecule has 0 radical (unpaired) electrons. The second-order valence-electron chi connectivity index (χ2n) is 6.35. The van der Waals surface area contributed by atoms with Gasteiger partial charge in [-0.25, -0.2) is 0 Å². The fourth-order valence-electron chi connectivity index (χ4n) is 3.07. The molecule has 0 saturated carbocycles. The van der Waals surface area contributed by atoms with Crippen molar-refractivity contribution in [2.45, 2.75) is 13.3 Å². The lowest BCUT2D eigenvalue weighted by molar-refractivity contribution is -0.131. The van der Waals surface area contributed by atoms with E-state index in [9.17, 15) is 9.59 Å². The van der Waals surface area contributed by atoms with E-state index in [4.69, 9.17) is 11.6 Å². The van der Waals surface area contributed by atoms with Crippen molar-refractivity contribution in [3.63, 3.8) is 0 Å². The molecule has 7 heteroatoms. The Morgan fingerprint density at radius 1 is 1.07 bits per heavy atom. The Labute approximate surface area is 172 Å². The number of hydrogen-bond acceptors (Lipinski definition) is 3. The summed E-state index contributed by atoms with van der Waals surface area (Å²) in [4.78, 5) is 28.2. The Kier molecular flexibility index (Phi) is 6.39. The highest BCUT2D eigenvalue weighted by atomic mass is 79.9. The van der Waals surface area contributed by atoms with Crippen LogP contribution in [0.5, 0.6) is 0 Å². The van der Waals surface area contributed by atoms with Gasteiger partial charge in [-0.2, -0.15) is 0 Å². The Balaban J connectivity index is 1.65. The summed E-state index contributed by atoms with van der Waals surface area (Å²) in [6.07, 6.45) is 0.535. The number of nitrogens with zero attached hydrogens (tertiary/aromatic N) is 2. The number of halogens is 2. The topological polar surface area (TPSA) is 52.7 Å². The first kappa shape index (κ1) is 19.7. The normalized spacial score (nSPS) is 14.2. The van der Waals surface area contributed by atoms with Crippen LogP contribution in [0.15, 0.2) is 46.9 Å². The zero-order chi connectivity index (χ0) is 19.4. The minimum Gasteiger partial charge on any atom is -0.367 e. The Hall–Kier alpha value is -2.05. The van der Waals surface area contributed by atoms with Crippen molar-refractivity contribution in [3.05, 3.63) is 57.5 Å². The first-order valence-corrected chi connectivity index (χ1v) is 10.0. The number of nitrogens with one attached hydrogen (secondary N) is 1. The van der Waals surface area contributed by atoms with Crippen LogP contribution in [0.1, 0.15) is 23.7 Å². The lowest BCUT2D eigenvalue weighted by atomic mass is 10.2. The van der Waals surface area contributed by atoms with Crippen molar-refractivity contribution in [1.29, 1.82) is 0 Å². The maximum atomic E-state index is 12.3. The molecule has 0 bridgehead atoms. The first-order chi connectivity index (χ1) is 13.0. The molecule has 0 spiro atoms.